The van der Waals surface area contributed by atoms with Gasteiger partial charge in [-0.3, -0.25) is 9.59 Å². The normalized spacial score (nSPS) is 18.5. The zero-order valence-electron chi connectivity index (χ0n) is 15.1. The first kappa shape index (κ1) is 16.8. The first-order valence-electron chi connectivity index (χ1n) is 9.32. The first-order valence-corrected chi connectivity index (χ1v) is 9.32. The molecule has 0 atom stereocenters. The third-order valence-electron chi connectivity index (χ3n) is 5.69. The van der Waals surface area contributed by atoms with Crippen molar-refractivity contribution in [3.8, 4) is 0 Å². The molecule has 0 bridgehead atoms. The molecule has 1 saturated carbocycles. The van der Waals surface area contributed by atoms with Crippen LogP contribution >= 0.6 is 0 Å². The molecule has 2 aromatic rings. The molecule has 0 spiro atoms. The van der Waals surface area contributed by atoms with Gasteiger partial charge in [-0.15, -0.1) is 0 Å². The van der Waals surface area contributed by atoms with E-state index in [4.69, 9.17) is 0 Å². The predicted octanol–water partition coefficient (Wildman–Crippen LogP) is 3.01. The van der Waals surface area contributed by atoms with Gasteiger partial charge in [-0.25, -0.2) is 0 Å². The van der Waals surface area contributed by atoms with E-state index in [1.54, 1.807) is 0 Å². The summed E-state index contributed by atoms with van der Waals surface area (Å²) in [5, 5.41) is 0. The monoisotopic (exact) mass is 348 g/mol. The Balaban J connectivity index is 1.43. The van der Waals surface area contributed by atoms with Crippen molar-refractivity contribution in [2.45, 2.75) is 25.2 Å². The second-order valence-corrected chi connectivity index (χ2v) is 7.35. The van der Waals surface area contributed by atoms with Gasteiger partial charge < -0.3 is 9.80 Å². The summed E-state index contributed by atoms with van der Waals surface area (Å²) in [5.41, 5.74) is 2.76. The molecule has 1 saturated heterocycles. The van der Waals surface area contributed by atoms with Crippen LogP contribution in [0.5, 0.6) is 0 Å². The van der Waals surface area contributed by atoms with Crippen LogP contribution in [0.25, 0.3) is 0 Å². The van der Waals surface area contributed by atoms with Crippen molar-refractivity contribution in [1.82, 2.24) is 9.80 Å². The zero-order chi connectivity index (χ0) is 18.1. The summed E-state index contributed by atoms with van der Waals surface area (Å²) in [6.07, 6.45) is 1.86. The standard InChI is InChI=1S/C22H24N2O2/c1-17-7-5-6-10-19(17)22(11-12-22)21(26)24-15-13-23(14-16-24)20(25)18-8-3-2-4-9-18/h2-10H,11-16H2,1H3. The molecule has 4 nitrogen and oxygen atoms in total. The van der Waals surface area contributed by atoms with Crippen LogP contribution in [0.2, 0.25) is 0 Å². The summed E-state index contributed by atoms with van der Waals surface area (Å²) in [4.78, 5) is 29.6. The van der Waals surface area contributed by atoms with Gasteiger partial charge in [0.05, 0.1) is 5.41 Å². The first-order chi connectivity index (χ1) is 12.6. The van der Waals surface area contributed by atoms with Gasteiger partial charge in [0.25, 0.3) is 5.91 Å². The molecule has 4 rings (SSSR count). The molecule has 0 aromatic heterocycles. The van der Waals surface area contributed by atoms with E-state index in [0.29, 0.717) is 31.7 Å². The molecule has 4 heteroatoms. The van der Waals surface area contributed by atoms with E-state index in [1.807, 2.05) is 52.3 Å². The van der Waals surface area contributed by atoms with Crippen molar-refractivity contribution in [3.05, 3.63) is 71.3 Å². The smallest absolute Gasteiger partial charge is 0.253 e. The molecule has 26 heavy (non-hydrogen) atoms. The molecule has 0 N–H and O–H groups in total. The molecule has 0 radical (unpaired) electrons. The number of hydrogen-bond donors (Lipinski definition) is 0. The van der Waals surface area contributed by atoms with Gasteiger partial charge in [-0.05, 0) is 43.0 Å². The minimum atomic E-state index is -0.322. The topological polar surface area (TPSA) is 40.6 Å². The number of rotatable bonds is 3. The molecule has 1 aliphatic carbocycles. The van der Waals surface area contributed by atoms with Crippen LogP contribution < -0.4 is 0 Å². The highest BCUT2D eigenvalue weighted by Gasteiger charge is 2.53. The lowest BCUT2D eigenvalue weighted by atomic mass is 9.90. The number of piperazine rings is 1. The van der Waals surface area contributed by atoms with Crippen LogP contribution in [0, 0.1) is 6.92 Å². The van der Waals surface area contributed by atoms with Crippen LogP contribution in [-0.2, 0) is 10.2 Å². The Labute approximate surface area is 154 Å². The van der Waals surface area contributed by atoms with E-state index in [2.05, 4.69) is 19.1 Å². The van der Waals surface area contributed by atoms with E-state index in [9.17, 15) is 9.59 Å². The van der Waals surface area contributed by atoms with E-state index in [-0.39, 0.29) is 17.2 Å². The Bertz CT molecular complexity index is 819. The Morgan fingerprint density at radius 1 is 0.808 bits per heavy atom. The maximum Gasteiger partial charge on any atom is 0.253 e. The number of amides is 2. The highest BCUT2D eigenvalue weighted by molar-refractivity contribution is 5.95. The summed E-state index contributed by atoms with van der Waals surface area (Å²) in [5.74, 6) is 0.288. The van der Waals surface area contributed by atoms with Gasteiger partial charge in [0, 0.05) is 31.7 Å². The van der Waals surface area contributed by atoms with E-state index >= 15 is 0 Å². The highest BCUT2D eigenvalue weighted by atomic mass is 16.2. The molecular weight excluding hydrogens is 324 g/mol. The number of benzene rings is 2. The summed E-state index contributed by atoms with van der Waals surface area (Å²) >= 11 is 0. The second kappa shape index (κ2) is 6.60. The van der Waals surface area contributed by atoms with Gasteiger partial charge in [0.1, 0.15) is 0 Å². The number of carbonyl (C=O) groups excluding carboxylic acids is 2. The van der Waals surface area contributed by atoms with Crippen LogP contribution in [0.1, 0.15) is 34.3 Å². The molecular formula is C22H24N2O2. The summed E-state index contributed by atoms with van der Waals surface area (Å²) in [6.45, 7) is 4.52. The Kier molecular flexibility index (Phi) is 4.27. The molecule has 2 fully saturated rings. The maximum absolute atomic E-state index is 13.2. The molecule has 2 aromatic carbocycles. The molecule has 2 amide bonds. The van der Waals surface area contributed by atoms with Gasteiger partial charge >= 0.3 is 0 Å². The van der Waals surface area contributed by atoms with E-state index < -0.39 is 0 Å². The van der Waals surface area contributed by atoms with Crippen molar-refractivity contribution in [2.75, 3.05) is 26.2 Å². The quantitative estimate of drug-likeness (QED) is 0.855. The fourth-order valence-electron chi connectivity index (χ4n) is 4.01. The summed E-state index contributed by atoms with van der Waals surface area (Å²) in [6, 6.07) is 17.6. The van der Waals surface area contributed by atoms with Crippen molar-refractivity contribution in [3.63, 3.8) is 0 Å². The van der Waals surface area contributed by atoms with E-state index in [1.165, 1.54) is 11.1 Å². The lowest BCUT2D eigenvalue weighted by Crippen LogP contribution is -2.53. The van der Waals surface area contributed by atoms with Gasteiger partial charge in [0.2, 0.25) is 5.91 Å². The maximum atomic E-state index is 13.2. The van der Waals surface area contributed by atoms with Gasteiger partial charge in [-0.1, -0.05) is 42.5 Å². The van der Waals surface area contributed by atoms with Gasteiger partial charge in [0.15, 0.2) is 0 Å². The average molecular weight is 348 g/mol. The predicted molar refractivity (Wildman–Crippen MR) is 101 cm³/mol. The Hall–Kier alpha value is -2.62. The fraction of sp³-hybridized carbons (Fsp3) is 0.364. The lowest BCUT2D eigenvalue weighted by molar-refractivity contribution is -0.135. The van der Waals surface area contributed by atoms with Crippen molar-refractivity contribution < 1.29 is 9.59 Å². The minimum absolute atomic E-state index is 0.0535. The van der Waals surface area contributed by atoms with Gasteiger partial charge in [-0.2, -0.15) is 0 Å². The SMILES string of the molecule is Cc1ccccc1C1(C(=O)N2CCN(C(=O)c3ccccc3)CC2)CC1. The highest BCUT2D eigenvalue weighted by Crippen LogP contribution is 2.50. The molecule has 2 aliphatic rings. The molecule has 0 unspecified atom stereocenters. The summed E-state index contributed by atoms with van der Waals surface area (Å²) in [7, 11) is 0. The van der Waals surface area contributed by atoms with Crippen molar-refractivity contribution in [1.29, 1.82) is 0 Å². The van der Waals surface area contributed by atoms with Crippen molar-refractivity contribution >= 4 is 11.8 Å². The number of carbonyl (C=O) groups is 2. The number of aryl methyl sites for hydroxylation is 1. The average Bonchev–Trinajstić information content (AvgIpc) is 3.50. The third kappa shape index (κ3) is 2.90. The third-order valence-corrected chi connectivity index (χ3v) is 5.69. The molecule has 1 heterocycles. The number of nitrogens with zero attached hydrogens (tertiary/aromatic N) is 2. The van der Waals surface area contributed by atoms with Crippen LogP contribution in [0.3, 0.4) is 0 Å². The minimum Gasteiger partial charge on any atom is -0.338 e. The van der Waals surface area contributed by atoms with Crippen LogP contribution in [-0.4, -0.2) is 47.8 Å². The Morgan fingerprint density at radius 3 is 2.00 bits per heavy atom. The lowest BCUT2D eigenvalue weighted by Gasteiger charge is -2.37. The number of hydrogen-bond acceptors (Lipinski definition) is 2. The fourth-order valence-corrected chi connectivity index (χ4v) is 4.01. The van der Waals surface area contributed by atoms with Crippen molar-refractivity contribution in [2.24, 2.45) is 0 Å². The van der Waals surface area contributed by atoms with Crippen LogP contribution in [0.15, 0.2) is 54.6 Å². The second-order valence-electron chi connectivity index (χ2n) is 7.35. The zero-order valence-corrected chi connectivity index (χ0v) is 15.1. The molecule has 134 valence electrons. The van der Waals surface area contributed by atoms with Crippen LogP contribution in [0.4, 0.5) is 0 Å². The Morgan fingerprint density at radius 2 is 1.38 bits per heavy atom. The molecule has 1 aliphatic heterocycles. The summed E-state index contributed by atoms with van der Waals surface area (Å²) < 4.78 is 0. The largest absolute Gasteiger partial charge is 0.338 e. The van der Waals surface area contributed by atoms with E-state index in [0.717, 1.165) is 12.8 Å².